The van der Waals surface area contributed by atoms with Crippen molar-refractivity contribution in [3.63, 3.8) is 0 Å². The summed E-state index contributed by atoms with van der Waals surface area (Å²) >= 11 is 0. The smallest absolute Gasteiger partial charge is 0.0302 e. The minimum atomic E-state index is 0. The largest absolute Gasteiger partial charge is 0.327 e. The Bertz CT molecular complexity index is 266. The Kier molecular flexibility index (Phi) is 5.30. The lowest BCUT2D eigenvalue weighted by molar-refractivity contribution is 0.575. The van der Waals surface area contributed by atoms with Gasteiger partial charge in [0.25, 0.3) is 0 Å². The van der Waals surface area contributed by atoms with Crippen LogP contribution in [0.3, 0.4) is 0 Å². The molecule has 1 aromatic rings. The molecule has 13 heavy (non-hydrogen) atoms. The fourth-order valence-electron chi connectivity index (χ4n) is 1.61. The SMILES string of the molecule is Cl.Cl.NC1CCc2cnccc2C1. The number of aryl methyl sites for hydroxylation is 1. The second-order valence-corrected chi connectivity index (χ2v) is 3.15. The van der Waals surface area contributed by atoms with Crippen molar-refractivity contribution in [3.8, 4) is 0 Å². The van der Waals surface area contributed by atoms with E-state index in [1.807, 2.05) is 12.4 Å². The fourth-order valence-corrected chi connectivity index (χ4v) is 1.61. The van der Waals surface area contributed by atoms with E-state index in [-0.39, 0.29) is 24.8 Å². The van der Waals surface area contributed by atoms with Crippen LogP contribution in [0.15, 0.2) is 18.5 Å². The first-order chi connectivity index (χ1) is 5.36. The highest BCUT2D eigenvalue weighted by molar-refractivity contribution is 5.85. The van der Waals surface area contributed by atoms with Gasteiger partial charge in [0.05, 0.1) is 0 Å². The first kappa shape index (κ1) is 12.7. The lowest BCUT2D eigenvalue weighted by Gasteiger charge is -2.20. The zero-order valence-corrected chi connectivity index (χ0v) is 8.90. The van der Waals surface area contributed by atoms with Crippen LogP contribution < -0.4 is 5.73 Å². The number of pyridine rings is 1. The molecule has 4 heteroatoms. The summed E-state index contributed by atoms with van der Waals surface area (Å²) in [5, 5.41) is 0. The Labute approximate surface area is 90.8 Å². The third-order valence-electron chi connectivity index (χ3n) is 2.27. The molecule has 1 unspecified atom stereocenters. The first-order valence-corrected chi connectivity index (χ1v) is 4.03. The van der Waals surface area contributed by atoms with E-state index < -0.39 is 0 Å². The standard InChI is InChI=1S/C9H12N2.2ClH/c10-9-2-1-8-6-11-4-3-7(8)5-9;;/h3-4,6,9H,1-2,5,10H2;2*1H. The lowest BCUT2D eigenvalue weighted by Crippen LogP contribution is -2.27. The molecule has 0 aliphatic heterocycles. The van der Waals surface area contributed by atoms with Crippen molar-refractivity contribution >= 4 is 24.8 Å². The van der Waals surface area contributed by atoms with Gasteiger partial charge in [-0.15, -0.1) is 24.8 Å². The van der Waals surface area contributed by atoms with Crippen LogP contribution in [-0.4, -0.2) is 11.0 Å². The van der Waals surface area contributed by atoms with Crippen LogP contribution in [0.1, 0.15) is 17.5 Å². The molecule has 0 bridgehead atoms. The molecule has 0 spiro atoms. The summed E-state index contributed by atoms with van der Waals surface area (Å²) in [7, 11) is 0. The quantitative estimate of drug-likeness (QED) is 0.724. The molecule has 0 saturated heterocycles. The van der Waals surface area contributed by atoms with Gasteiger partial charge in [-0.1, -0.05) is 0 Å². The van der Waals surface area contributed by atoms with Crippen LogP contribution >= 0.6 is 24.8 Å². The lowest BCUT2D eigenvalue weighted by atomic mass is 9.90. The number of nitrogens with zero attached hydrogens (tertiary/aromatic N) is 1. The Morgan fingerprint density at radius 1 is 1.31 bits per heavy atom. The van der Waals surface area contributed by atoms with Gasteiger partial charge >= 0.3 is 0 Å². The number of hydrogen-bond acceptors (Lipinski definition) is 2. The number of rotatable bonds is 0. The molecule has 1 atom stereocenters. The van der Waals surface area contributed by atoms with Gasteiger partial charge in [0.2, 0.25) is 0 Å². The maximum absolute atomic E-state index is 5.83. The number of hydrogen-bond donors (Lipinski definition) is 1. The molecule has 0 fully saturated rings. The highest BCUT2D eigenvalue weighted by atomic mass is 35.5. The average Bonchev–Trinajstić information content (AvgIpc) is 2.04. The third kappa shape index (κ3) is 2.83. The van der Waals surface area contributed by atoms with Crippen molar-refractivity contribution in [1.29, 1.82) is 0 Å². The van der Waals surface area contributed by atoms with Crippen LogP contribution in [0.4, 0.5) is 0 Å². The monoisotopic (exact) mass is 220 g/mol. The van der Waals surface area contributed by atoms with E-state index in [0.29, 0.717) is 6.04 Å². The number of aromatic nitrogens is 1. The molecule has 0 amide bonds. The normalized spacial score (nSPS) is 19.3. The average molecular weight is 221 g/mol. The van der Waals surface area contributed by atoms with E-state index in [9.17, 15) is 0 Å². The summed E-state index contributed by atoms with van der Waals surface area (Å²) in [6, 6.07) is 2.44. The highest BCUT2D eigenvalue weighted by Gasteiger charge is 2.14. The predicted molar refractivity (Wildman–Crippen MR) is 58.7 cm³/mol. The van der Waals surface area contributed by atoms with E-state index in [1.165, 1.54) is 11.1 Å². The van der Waals surface area contributed by atoms with Crippen molar-refractivity contribution in [2.24, 2.45) is 5.73 Å². The second kappa shape index (κ2) is 5.43. The van der Waals surface area contributed by atoms with Crippen LogP contribution in [0, 0.1) is 0 Å². The summed E-state index contributed by atoms with van der Waals surface area (Å²) in [4.78, 5) is 4.08. The van der Waals surface area contributed by atoms with E-state index >= 15 is 0 Å². The van der Waals surface area contributed by atoms with Gasteiger partial charge in [0.15, 0.2) is 0 Å². The molecule has 1 aliphatic carbocycles. The topological polar surface area (TPSA) is 38.9 Å². The fraction of sp³-hybridized carbons (Fsp3) is 0.444. The molecular formula is C9H14Cl2N2. The van der Waals surface area contributed by atoms with Gasteiger partial charge in [-0.3, -0.25) is 4.98 Å². The zero-order valence-electron chi connectivity index (χ0n) is 7.27. The third-order valence-corrected chi connectivity index (χ3v) is 2.27. The molecule has 1 aromatic heterocycles. The summed E-state index contributed by atoms with van der Waals surface area (Å²) < 4.78 is 0. The first-order valence-electron chi connectivity index (χ1n) is 4.03. The van der Waals surface area contributed by atoms with Crippen molar-refractivity contribution in [1.82, 2.24) is 4.98 Å². The Hall–Kier alpha value is -0.310. The van der Waals surface area contributed by atoms with Crippen LogP contribution in [-0.2, 0) is 12.8 Å². The Morgan fingerprint density at radius 3 is 2.85 bits per heavy atom. The Balaban J connectivity index is 0.000000720. The van der Waals surface area contributed by atoms with Gasteiger partial charge in [0, 0.05) is 18.4 Å². The molecule has 1 aliphatic rings. The van der Waals surface area contributed by atoms with Gasteiger partial charge in [-0.2, -0.15) is 0 Å². The summed E-state index contributed by atoms with van der Waals surface area (Å²) in [5.74, 6) is 0. The van der Waals surface area contributed by atoms with Gasteiger partial charge < -0.3 is 5.73 Å². The van der Waals surface area contributed by atoms with E-state index in [0.717, 1.165) is 19.3 Å². The second-order valence-electron chi connectivity index (χ2n) is 3.15. The molecule has 0 saturated carbocycles. The summed E-state index contributed by atoms with van der Waals surface area (Å²) in [6.07, 6.45) is 7.04. The van der Waals surface area contributed by atoms with E-state index in [4.69, 9.17) is 5.73 Å². The van der Waals surface area contributed by atoms with Crippen LogP contribution in [0.5, 0.6) is 0 Å². The van der Waals surface area contributed by atoms with Crippen LogP contribution in [0.2, 0.25) is 0 Å². The number of halogens is 2. The van der Waals surface area contributed by atoms with Gasteiger partial charge in [-0.05, 0) is 36.5 Å². The molecule has 0 aromatic carbocycles. The van der Waals surface area contributed by atoms with Crippen LogP contribution in [0.25, 0.3) is 0 Å². The number of fused-ring (bicyclic) bond motifs is 1. The minimum absolute atomic E-state index is 0. The number of nitrogens with two attached hydrogens (primary N) is 1. The summed E-state index contributed by atoms with van der Waals surface area (Å²) in [5.41, 5.74) is 8.60. The maximum Gasteiger partial charge on any atom is 0.0302 e. The predicted octanol–water partition coefficient (Wildman–Crippen LogP) is 1.74. The molecular weight excluding hydrogens is 207 g/mol. The van der Waals surface area contributed by atoms with E-state index in [1.54, 1.807) is 0 Å². The molecule has 0 radical (unpaired) electrons. The molecule has 1 heterocycles. The van der Waals surface area contributed by atoms with Gasteiger partial charge in [-0.25, -0.2) is 0 Å². The molecule has 74 valence electrons. The highest BCUT2D eigenvalue weighted by Crippen LogP contribution is 2.18. The maximum atomic E-state index is 5.83. The summed E-state index contributed by atoms with van der Waals surface area (Å²) in [6.45, 7) is 0. The van der Waals surface area contributed by atoms with Crippen molar-refractivity contribution in [2.75, 3.05) is 0 Å². The van der Waals surface area contributed by atoms with E-state index in [2.05, 4.69) is 11.1 Å². The minimum Gasteiger partial charge on any atom is -0.327 e. The van der Waals surface area contributed by atoms with Crippen molar-refractivity contribution < 1.29 is 0 Å². The molecule has 2 nitrogen and oxygen atoms in total. The van der Waals surface area contributed by atoms with Crippen molar-refractivity contribution in [3.05, 3.63) is 29.6 Å². The van der Waals surface area contributed by atoms with Crippen molar-refractivity contribution in [2.45, 2.75) is 25.3 Å². The molecule has 2 N–H and O–H groups in total. The molecule has 2 rings (SSSR count). The van der Waals surface area contributed by atoms with Gasteiger partial charge in [0.1, 0.15) is 0 Å². The zero-order chi connectivity index (χ0) is 7.68. The Morgan fingerprint density at radius 2 is 2.08 bits per heavy atom.